The Morgan fingerprint density at radius 3 is 2.41 bits per heavy atom. The monoisotopic (exact) mass is 230 g/mol. The maximum atomic E-state index is 9.42. The van der Waals surface area contributed by atoms with Gasteiger partial charge in [0.05, 0.1) is 18.8 Å². The summed E-state index contributed by atoms with van der Waals surface area (Å²) < 4.78 is 1.85. The van der Waals surface area contributed by atoms with E-state index in [9.17, 15) is 5.11 Å². The SMILES string of the molecule is CCc1ccc(Cn2cc(C(C)O)cn2)cc1. The molecule has 0 aliphatic carbocycles. The molecule has 0 bridgehead atoms. The summed E-state index contributed by atoms with van der Waals surface area (Å²) in [5.74, 6) is 0. The molecular formula is C14H18N2O. The lowest BCUT2D eigenvalue weighted by Gasteiger charge is -2.03. The van der Waals surface area contributed by atoms with E-state index in [0.29, 0.717) is 0 Å². The molecule has 2 aromatic rings. The summed E-state index contributed by atoms with van der Waals surface area (Å²) in [5.41, 5.74) is 3.43. The molecule has 1 heterocycles. The number of hydrogen-bond donors (Lipinski definition) is 1. The fourth-order valence-corrected chi connectivity index (χ4v) is 1.75. The average molecular weight is 230 g/mol. The minimum absolute atomic E-state index is 0.453. The molecule has 90 valence electrons. The second kappa shape index (κ2) is 5.15. The first-order chi connectivity index (χ1) is 8.19. The molecule has 0 saturated heterocycles. The van der Waals surface area contributed by atoms with Crippen LogP contribution in [-0.2, 0) is 13.0 Å². The summed E-state index contributed by atoms with van der Waals surface area (Å²) in [4.78, 5) is 0. The van der Waals surface area contributed by atoms with Crippen molar-refractivity contribution in [3.63, 3.8) is 0 Å². The van der Waals surface area contributed by atoms with Gasteiger partial charge in [-0.1, -0.05) is 31.2 Å². The first-order valence-electron chi connectivity index (χ1n) is 5.97. The van der Waals surface area contributed by atoms with Crippen molar-refractivity contribution in [1.29, 1.82) is 0 Å². The van der Waals surface area contributed by atoms with Crippen LogP contribution in [0.4, 0.5) is 0 Å². The van der Waals surface area contributed by atoms with Gasteiger partial charge < -0.3 is 5.11 Å². The molecule has 0 radical (unpaired) electrons. The first kappa shape index (κ1) is 11.9. The first-order valence-corrected chi connectivity index (χ1v) is 5.97. The highest BCUT2D eigenvalue weighted by Gasteiger charge is 2.04. The molecule has 0 aliphatic rings. The quantitative estimate of drug-likeness (QED) is 0.876. The maximum absolute atomic E-state index is 9.42. The topological polar surface area (TPSA) is 38.0 Å². The Bertz CT molecular complexity index is 471. The Hall–Kier alpha value is -1.61. The van der Waals surface area contributed by atoms with Crippen molar-refractivity contribution in [3.05, 3.63) is 53.3 Å². The molecule has 0 aliphatic heterocycles. The normalized spacial score (nSPS) is 12.6. The molecule has 1 atom stereocenters. The van der Waals surface area contributed by atoms with Crippen LogP contribution in [0.1, 0.15) is 36.6 Å². The molecule has 3 nitrogen and oxygen atoms in total. The van der Waals surface area contributed by atoms with E-state index >= 15 is 0 Å². The number of benzene rings is 1. The van der Waals surface area contributed by atoms with Crippen molar-refractivity contribution in [2.24, 2.45) is 0 Å². The Labute approximate surface area is 102 Å². The molecule has 0 spiro atoms. The Morgan fingerprint density at radius 2 is 1.88 bits per heavy atom. The molecule has 1 aromatic carbocycles. The third-order valence-corrected chi connectivity index (χ3v) is 2.91. The fraction of sp³-hybridized carbons (Fsp3) is 0.357. The molecule has 0 saturated carbocycles. The third kappa shape index (κ3) is 2.94. The zero-order valence-electron chi connectivity index (χ0n) is 10.3. The third-order valence-electron chi connectivity index (χ3n) is 2.91. The highest BCUT2D eigenvalue weighted by molar-refractivity contribution is 5.22. The van der Waals surface area contributed by atoms with E-state index in [0.717, 1.165) is 18.5 Å². The van der Waals surface area contributed by atoms with Gasteiger partial charge in [0.25, 0.3) is 0 Å². The molecule has 0 amide bonds. The van der Waals surface area contributed by atoms with Gasteiger partial charge in [0.1, 0.15) is 0 Å². The number of rotatable bonds is 4. The predicted octanol–water partition coefficient (Wildman–Crippen LogP) is 2.55. The summed E-state index contributed by atoms with van der Waals surface area (Å²) in [6, 6.07) is 8.55. The van der Waals surface area contributed by atoms with Gasteiger partial charge in [-0.05, 0) is 24.5 Å². The fourth-order valence-electron chi connectivity index (χ4n) is 1.75. The van der Waals surface area contributed by atoms with Gasteiger partial charge in [0.2, 0.25) is 0 Å². The molecule has 2 rings (SSSR count). The van der Waals surface area contributed by atoms with Crippen molar-refractivity contribution in [2.45, 2.75) is 32.9 Å². The van der Waals surface area contributed by atoms with Gasteiger partial charge >= 0.3 is 0 Å². The van der Waals surface area contributed by atoms with Crippen molar-refractivity contribution in [2.75, 3.05) is 0 Å². The van der Waals surface area contributed by atoms with Gasteiger partial charge in [-0.15, -0.1) is 0 Å². The lowest BCUT2D eigenvalue weighted by atomic mass is 10.1. The van der Waals surface area contributed by atoms with Crippen LogP contribution < -0.4 is 0 Å². The summed E-state index contributed by atoms with van der Waals surface area (Å²) in [6.07, 6.45) is 4.21. The van der Waals surface area contributed by atoms with Crippen LogP contribution in [0.15, 0.2) is 36.7 Å². The second-order valence-corrected chi connectivity index (χ2v) is 4.32. The Morgan fingerprint density at radius 1 is 1.24 bits per heavy atom. The maximum Gasteiger partial charge on any atom is 0.0792 e. The van der Waals surface area contributed by atoms with E-state index in [2.05, 4.69) is 36.3 Å². The van der Waals surface area contributed by atoms with Gasteiger partial charge in [-0.2, -0.15) is 5.10 Å². The summed E-state index contributed by atoms with van der Waals surface area (Å²) in [7, 11) is 0. The molecule has 17 heavy (non-hydrogen) atoms. The average Bonchev–Trinajstić information content (AvgIpc) is 2.79. The van der Waals surface area contributed by atoms with E-state index in [1.165, 1.54) is 11.1 Å². The molecule has 3 heteroatoms. The second-order valence-electron chi connectivity index (χ2n) is 4.32. The van der Waals surface area contributed by atoms with Crippen LogP contribution in [0, 0.1) is 0 Å². The van der Waals surface area contributed by atoms with Gasteiger partial charge in [-0.25, -0.2) is 0 Å². The number of aromatic nitrogens is 2. The molecule has 0 fully saturated rings. The van der Waals surface area contributed by atoms with E-state index in [1.807, 2.05) is 10.9 Å². The molecule has 1 aromatic heterocycles. The van der Waals surface area contributed by atoms with Gasteiger partial charge in [0, 0.05) is 11.8 Å². The van der Waals surface area contributed by atoms with E-state index in [1.54, 1.807) is 13.1 Å². The predicted molar refractivity (Wildman–Crippen MR) is 67.8 cm³/mol. The highest BCUT2D eigenvalue weighted by atomic mass is 16.3. The lowest BCUT2D eigenvalue weighted by molar-refractivity contribution is 0.199. The van der Waals surface area contributed by atoms with Gasteiger partial charge in [0.15, 0.2) is 0 Å². The number of hydrogen-bond acceptors (Lipinski definition) is 2. The van der Waals surface area contributed by atoms with Crippen molar-refractivity contribution in [1.82, 2.24) is 9.78 Å². The van der Waals surface area contributed by atoms with Crippen LogP contribution in [0.2, 0.25) is 0 Å². The largest absolute Gasteiger partial charge is 0.389 e. The van der Waals surface area contributed by atoms with Crippen LogP contribution in [-0.4, -0.2) is 14.9 Å². The number of aryl methyl sites for hydroxylation is 1. The summed E-state index contributed by atoms with van der Waals surface area (Å²) >= 11 is 0. The lowest BCUT2D eigenvalue weighted by Crippen LogP contribution is -2.00. The zero-order valence-corrected chi connectivity index (χ0v) is 10.3. The van der Waals surface area contributed by atoms with Crippen molar-refractivity contribution in [3.8, 4) is 0 Å². The van der Waals surface area contributed by atoms with Crippen molar-refractivity contribution >= 4 is 0 Å². The van der Waals surface area contributed by atoms with Crippen LogP contribution in [0.25, 0.3) is 0 Å². The van der Waals surface area contributed by atoms with Crippen LogP contribution >= 0.6 is 0 Å². The summed E-state index contributed by atoms with van der Waals surface area (Å²) in [5, 5.41) is 13.7. The van der Waals surface area contributed by atoms with Crippen LogP contribution in [0.5, 0.6) is 0 Å². The zero-order chi connectivity index (χ0) is 12.3. The number of nitrogens with zero attached hydrogens (tertiary/aromatic N) is 2. The minimum atomic E-state index is -0.453. The smallest absolute Gasteiger partial charge is 0.0792 e. The number of aliphatic hydroxyl groups is 1. The standard InChI is InChI=1S/C14H18N2O/c1-3-12-4-6-13(7-5-12)9-16-10-14(8-15-16)11(2)17/h4-8,10-11,17H,3,9H2,1-2H3. The molecule has 1 unspecified atom stereocenters. The van der Waals surface area contributed by atoms with Crippen LogP contribution in [0.3, 0.4) is 0 Å². The summed E-state index contributed by atoms with van der Waals surface area (Å²) in [6.45, 7) is 4.64. The molecular weight excluding hydrogens is 212 g/mol. The van der Waals surface area contributed by atoms with Crippen molar-refractivity contribution < 1.29 is 5.11 Å². The highest BCUT2D eigenvalue weighted by Crippen LogP contribution is 2.11. The van der Waals surface area contributed by atoms with E-state index in [-0.39, 0.29) is 0 Å². The Kier molecular flexibility index (Phi) is 3.59. The molecule has 1 N–H and O–H groups in total. The van der Waals surface area contributed by atoms with E-state index in [4.69, 9.17) is 0 Å². The van der Waals surface area contributed by atoms with E-state index < -0.39 is 6.10 Å². The van der Waals surface area contributed by atoms with Gasteiger partial charge in [-0.3, -0.25) is 4.68 Å². The number of aliphatic hydroxyl groups excluding tert-OH is 1. The Balaban J connectivity index is 2.08. The minimum Gasteiger partial charge on any atom is -0.389 e.